The van der Waals surface area contributed by atoms with Gasteiger partial charge in [-0.05, 0) is 43.1 Å². The van der Waals surface area contributed by atoms with E-state index in [1.807, 2.05) is 12.2 Å². The Kier molecular flexibility index (Phi) is 7.69. The molecule has 0 amide bonds. The Morgan fingerprint density at radius 2 is 1.76 bits per heavy atom. The third-order valence-electron chi connectivity index (χ3n) is 4.94. The molecule has 2 heteroatoms. The molecule has 0 aromatic heterocycles. The van der Waals surface area contributed by atoms with E-state index >= 15 is 0 Å². The maximum Gasteiger partial charge on any atom is 0.0164 e. The van der Waals surface area contributed by atoms with E-state index in [0.29, 0.717) is 11.5 Å². The zero-order valence-corrected chi connectivity index (χ0v) is 14.7. The molecule has 1 aliphatic rings. The molecule has 0 aromatic rings. The summed E-state index contributed by atoms with van der Waals surface area (Å²) in [4.78, 5) is 2.47. The highest BCUT2D eigenvalue weighted by molar-refractivity contribution is 4.91. The van der Waals surface area contributed by atoms with Gasteiger partial charge in [0.05, 0.1) is 0 Å². The van der Waals surface area contributed by atoms with Crippen LogP contribution in [0.1, 0.15) is 47.0 Å². The topological polar surface area (TPSA) is 15.3 Å². The van der Waals surface area contributed by atoms with Crippen molar-refractivity contribution in [1.82, 2.24) is 10.2 Å². The molecule has 2 nitrogen and oxygen atoms in total. The van der Waals surface area contributed by atoms with Gasteiger partial charge >= 0.3 is 0 Å². The average molecular weight is 293 g/mol. The first kappa shape index (κ1) is 18.4. The molecule has 1 fully saturated rings. The van der Waals surface area contributed by atoms with Crippen molar-refractivity contribution in [2.75, 3.05) is 26.2 Å². The lowest BCUT2D eigenvalue weighted by atomic mass is 9.67. The fourth-order valence-electron chi connectivity index (χ4n) is 3.70. The molecule has 0 spiro atoms. The third kappa shape index (κ3) is 5.96. The summed E-state index contributed by atoms with van der Waals surface area (Å²) >= 11 is 0. The molecule has 0 bridgehead atoms. The molecular formula is C19H36N2. The summed E-state index contributed by atoms with van der Waals surface area (Å²) in [5.41, 5.74) is 0.428. The van der Waals surface area contributed by atoms with Crippen LogP contribution in [-0.2, 0) is 0 Å². The molecule has 0 aliphatic heterocycles. The molecule has 122 valence electrons. The van der Waals surface area contributed by atoms with Crippen LogP contribution in [0.25, 0.3) is 0 Å². The maximum atomic E-state index is 3.89. The lowest BCUT2D eigenvalue weighted by Crippen LogP contribution is -2.47. The second-order valence-electron chi connectivity index (χ2n) is 7.60. The summed E-state index contributed by atoms with van der Waals surface area (Å²) in [7, 11) is 0. The lowest BCUT2D eigenvalue weighted by molar-refractivity contribution is 0.0934. The van der Waals surface area contributed by atoms with Crippen LogP contribution < -0.4 is 5.32 Å². The molecule has 1 N–H and O–H groups in total. The van der Waals surface area contributed by atoms with Crippen LogP contribution in [-0.4, -0.2) is 37.1 Å². The van der Waals surface area contributed by atoms with Crippen LogP contribution in [0.15, 0.2) is 25.3 Å². The van der Waals surface area contributed by atoms with Gasteiger partial charge in [0.15, 0.2) is 0 Å². The molecule has 0 aromatic carbocycles. The van der Waals surface area contributed by atoms with Gasteiger partial charge in [-0.15, -0.1) is 13.2 Å². The molecule has 1 saturated carbocycles. The van der Waals surface area contributed by atoms with Crippen molar-refractivity contribution in [3.05, 3.63) is 25.3 Å². The Morgan fingerprint density at radius 3 is 2.24 bits per heavy atom. The standard InChI is InChI=1S/C19H36N2/c1-7-12-21(13-8-2)15-16-14-17(19(4,5)6)10-11-18(16)20-9-3/h7-8,16-18,20H,1-2,9-15H2,3-6H3. The third-order valence-corrected chi connectivity index (χ3v) is 4.94. The van der Waals surface area contributed by atoms with Crippen LogP contribution in [0, 0.1) is 17.3 Å². The summed E-state index contributed by atoms with van der Waals surface area (Å²) in [5, 5.41) is 3.72. The summed E-state index contributed by atoms with van der Waals surface area (Å²) in [5.74, 6) is 1.58. The van der Waals surface area contributed by atoms with Crippen molar-refractivity contribution >= 4 is 0 Å². The van der Waals surface area contributed by atoms with Crippen LogP contribution in [0.3, 0.4) is 0 Å². The van der Waals surface area contributed by atoms with Crippen molar-refractivity contribution < 1.29 is 0 Å². The van der Waals surface area contributed by atoms with Crippen molar-refractivity contribution in [3.8, 4) is 0 Å². The second kappa shape index (κ2) is 8.75. The predicted octanol–water partition coefficient (Wildman–Crippen LogP) is 4.10. The summed E-state index contributed by atoms with van der Waals surface area (Å²) < 4.78 is 0. The second-order valence-corrected chi connectivity index (χ2v) is 7.60. The van der Waals surface area contributed by atoms with E-state index in [1.54, 1.807) is 0 Å². The molecule has 0 saturated heterocycles. The van der Waals surface area contributed by atoms with E-state index in [9.17, 15) is 0 Å². The number of hydrogen-bond donors (Lipinski definition) is 1. The van der Waals surface area contributed by atoms with E-state index in [0.717, 1.165) is 38.0 Å². The minimum Gasteiger partial charge on any atom is -0.314 e. The highest BCUT2D eigenvalue weighted by atomic mass is 15.1. The maximum absolute atomic E-state index is 3.89. The molecule has 3 unspecified atom stereocenters. The van der Waals surface area contributed by atoms with E-state index in [4.69, 9.17) is 0 Å². The first-order valence-electron chi connectivity index (χ1n) is 8.59. The van der Waals surface area contributed by atoms with Gasteiger partial charge in [-0.25, -0.2) is 0 Å². The van der Waals surface area contributed by atoms with Crippen LogP contribution >= 0.6 is 0 Å². The molecule has 21 heavy (non-hydrogen) atoms. The number of hydrogen-bond acceptors (Lipinski definition) is 2. The summed E-state index contributed by atoms with van der Waals surface area (Å²) in [6, 6.07) is 0.672. The van der Waals surface area contributed by atoms with Crippen molar-refractivity contribution in [2.24, 2.45) is 17.3 Å². The summed E-state index contributed by atoms with van der Waals surface area (Å²) in [6.07, 6.45) is 8.04. The lowest BCUT2D eigenvalue weighted by Gasteiger charge is -2.43. The van der Waals surface area contributed by atoms with Gasteiger partial charge in [-0.2, -0.15) is 0 Å². The minimum absolute atomic E-state index is 0.428. The van der Waals surface area contributed by atoms with Crippen LogP contribution in [0.4, 0.5) is 0 Å². The number of rotatable bonds is 8. The van der Waals surface area contributed by atoms with Gasteiger partial charge in [-0.3, -0.25) is 4.90 Å². The zero-order valence-electron chi connectivity index (χ0n) is 14.7. The SMILES string of the molecule is C=CCN(CC=C)CC1CC(C(C)(C)C)CCC1NCC. The van der Waals surface area contributed by atoms with Gasteiger partial charge in [0.25, 0.3) is 0 Å². The Bertz CT molecular complexity index is 306. The fraction of sp³-hybridized carbons (Fsp3) is 0.789. The first-order chi connectivity index (χ1) is 9.92. The number of nitrogens with zero attached hydrogens (tertiary/aromatic N) is 1. The van der Waals surface area contributed by atoms with Gasteiger partial charge < -0.3 is 5.32 Å². The quantitative estimate of drug-likeness (QED) is 0.678. The molecule has 3 atom stereocenters. The van der Waals surface area contributed by atoms with E-state index in [-0.39, 0.29) is 0 Å². The molecule has 0 radical (unpaired) electrons. The Hall–Kier alpha value is -0.600. The first-order valence-corrected chi connectivity index (χ1v) is 8.59. The van der Waals surface area contributed by atoms with Crippen molar-refractivity contribution in [1.29, 1.82) is 0 Å². The van der Waals surface area contributed by atoms with Crippen molar-refractivity contribution in [2.45, 2.75) is 53.0 Å². The monoisotopic (exact) mass is 292 g/mol. The Morgan fingerprint density at radius 1 is 1.14 bits per heavy atom. The largest absolute Gasteiger partial charge is 0.314 e. The van der Waals surface area contributed by atoms with Crippen LogP contribution in [0.5, 0.6) is 0 Å². The molecule has 1 rings (SSSR count). The molecule has 1 aliphatic carbocycles. The highest BCUT2D eigenvalue weighted by Gasteiger charge is 2.35. The molecular weight excluding hydrogens is 256 g/mol. The van der Waals surface area contributed by atoms with E-state index in [1.165, 1.54) is 19.3 Å². The van der Waals surface area contributed by atoms with Gasteiger partial charge in [-0.1, -0.05) is 39.8 Å². The normalized spacial score (nSPS) is 26.8. The smallest absolute Gasteiger partial charge is 0.0164 e. The van der Waals surface area contributed by atoms with Crippen molar-refractivity contribution in [3.63, 3.8) is 0 Å². The summed E-state index contributed by atoms with van der Waals surface area (Å²) in [6.45, 7) is 21.3. The zero-order chi connectivity index (χ0) is 15.9. The van der Waals surface area contributed by atoms with Gasteiger partial charge in [0, 0.05) is 25.7 Å². The Labute approximate surface area is 132 Å². The van der Waals surface area contributed by atoms with Gasteiger partial charge in [0.2, 0.25) is 0 Å². The Balaban J connectivity index is 2.73. The molecule has 0 heterocycles. The predicted molar refractivity (Wildman–Crippen MR) is 94.6 cm³/mol. The number of nitrogens with one attached hydrogen (secondary N) is 1. The van der Waals surface area contributed by atoms with Gasteiger partial charge in [0.1, 0.15) is 0 Å². The average Bonchev–Trinajstić information content (AvgIpc) is 2.40. The highest BCUT2D eigenvalue weighted by Crippen LogP contribution is 2.40. The van der Waals surface area contributed by atoms with E-state index in [2.05, 4.69) is 51.1 Å². The fourth-order valence-corrected chi connectivity index (χ4v) is 3.70. The van der Waals surface area contributed by atoms with Crippen LogP contribution in [0.2, 0.25) is 0 Å². The minimum atomic E-state index is 0.428. The van der Waals surface area contributed by atoms with E-state index < -0.39 is 0 Å².